The zero-order chi connectivity index (χ0) is 17.8. The van der Waals surface area contributed by atoms with Gasteiger partial charge in [-0.15, -0.1) is 22.7 Å². The van der Waals surface area contributed by atoms with Gasteiger partial charge in [0.1, 0.15) is 10.6 Å². The topological polar surface area (TPSA) is 68.3 Å². The lowest BCUT2D eigenvalue weighted by Crippen LogP contribution is -2.14. The van der Waals surface area contributed by atoms with E-state index in [1.54, 1.807) is 42.8 Å². The molecule has 3 heterocycles. The molecular formula is C18H16N2O3S2. The predicted molar refractivity (Wildman–Crippen MR) is 101 cm³/mol. The number of ether oxygens (including phenoxy) is 1. The van der Waals surface area contributed by atoms with Crippen molar-refractivity contribution in [3.63, 3.8) is 0 Å². The van der Waals surface area contributed by atoms with Gasteiger partial charge in [0.25, 0.3) is 5.91 Å². The lowest BCUT2D eigenvalue weighted by atomic mass is 10.1. The van der Waals surface area contributed by atoms with Crippen LogP contribution in [0.25, 0.3) is 10.4 Å². The average Bonchev–Trinajstić information content (AvgIpc) is 3.23. The van der Waals surface area contributed by atoms with E-state index in [-0.39, 0.29) is 12.5 Å². The Balaban J connectivity index is 2.03. The zero-order valence-electron chi connectivity index (χ0n) is 13.7. The molecule has 0 radical (unpaired) electrons. The van der Waals surface area contributed by atoms with Crippen LogP contribution < -0.4 is 5.32 Å². The quantitative estimate of drug-likeness (QED) is 0.664. The van der Waals surface area contributed by atoms with Crippen LogP contribution in [0.15, 0.2) is 42.0 Å². The number of nitrogens with one attached hydrogen (secondary N) is 1. The van der Waals surface area contributed by atoms with E-state index in [2.05, 4.69) is 10.3 Å². The van der Waals surface area contributed by atoms with Crippen molar-refractivity contribution >= 4 is 39.6 Å². The van der Waals surface area contributed by atoms with Crippen molar-refractivity contribution in [2.45, 2.75) is 13.8 Å². The fourth-order valence-corrected chi connectivity index (χ4v) is 4.38. The van der Waals surface area contributed by atoms with Gasteiger partial charge in [0, 0.05) is 33.3 Å². The van der Waals surface area contributed by atoms with E-state index >= 15 is 0 Å². The second-order valence-electron chi connectivity index (χ2n) is 5.13. The molecule has 3 rings (SSSR count). The Morgan fingerprint density at radius 1 is 1.24 bits per heavy atom. The summed E-state index contributed by atoms with van der Waals surface area (Å²) in [4.78, 5) is 30.8. The molecule has 3 aromatic rings. The Bertz CT molecular complexity index is 887. The molecule has 0 saturated carbocycles. The maximum atomic E-state index is 12.5. The number of pyridine rings is 1. The standard InChI is InChI=1S/C18H16N2O3S2/c1-3-23-18(22)15-14(13-5-4-10-24-13)11(2)25-17(15)20-16(21)12-6-8-19-9-7-12/h4-10H,3H2,1-2H3,(H,20,21). The average molecular weight is 372 g/mol. The number of esters is 1. The number of carbonyl (C=O) groups excluding carboxylic acids is 2. The highest BCUT2D eigenvalue weighted by Gasteiger charge is 2.26. The molecule has 1 amide bonds. The van der Waals surface area contributed by atoms with Gasteiger partial charge in [0.15, 0.2) is 0 Å². The first-order chi connectivity index (χ1) is 12.1. The van der Waals surface area contributed by atoms with Crippen LogP contribution in [0.4, 0.5) is 5.00 Å². The summed E-state index contributed by atoms with van der Waals surface area (Å²) in [6.45, 7) is 3.97. The van der Waals surface area contributed by atoms with Gasteiger partial charge >= 0.3 is 5.97 Å². The first-order valence-corrected chi connectivity index (χ1v) is 9.37. The number of aromatic nitrogens is 1. The highest BCUT2D eigenvalue weighted by Crippen LogP contribution is 2.42. The van der Waals surface area contributed by atoms with Crippen LogP contribution in [-0.2, 0) is 4.74 Å². The van der Waals surface area contributed by atoms with E-state index in [4.69, 9.17) is 4.74 Å². The van der Waals surface area contributed by atoms with E-state index in [1.807, 2.05) is 24.4 Å². The normalized spacial score (nSPS) is 10.5. The van der Waals surface area contributed by atoms with Crippen molar-refractivity contribution in [2.24, 2.45) is 0 Å². The van der Waals surface area contributed by atoms with Gasteiger partial charge in [0.05, 0.1) is 6.61 Å². The maximum Gasteiger partial charge on any atom is 0.341 e. The number of rotatable bonds is 5. The van der Waals surface area contributed by atoms with Crippen molar-refractivity contribution in [1.29, 1.82) is 0 Å². The maximum absolute atomic E-state index is 12.5. The van der Waals surface area contributed by atoms with E-state index in [9.17, 15) is 9.59 Å². The van der Waals surface area contributed by atoms with Gasteiger partial charge in [-0.1, -0.05) is 6.07 Å². The minimum atomic E-state index is -0.430. The highest BCUT2D eigenvalue weighted by molar-refractivity contribution is 7.18. The summed E-state index contributed by atoms with van der Waals surface area (Å²) in [5.41, 5.74) is 1.71. The Hall–Kier alpha value is -2.51. The molecule has 0 unspecified atom stereocenters. The molecule has 7 heteroatoms. The molecule has 0 saturated heterocycles. The third-order valence-corrected chi connectivity index (χ3v) is 5.41. The van der Waals surface area contributed by atoms with Crippen molar-refractivity contribution in [1.82, 2.24) is 4.98 Å². The molecule has 25 heavy (non-hydrogen) atoms. The molecule has 3 aromatic heterocycles. The summed E-state index contributed by atoms with van der Waals surface area (Å²) in [6.07, 6.45) is 3.11. The number of aryl methyl sites for hydroxylation is 1. The van der Waals surface area contributed by atoms with Crippen LogP contribution in [-0.4, -0.2) is 23.5 Å². The first-order valence-electron chi connectivity index (χ1n) is 7.67. The van der Waals surface area contributed by atoms with Crippen LogP contribution in [0.5, 0.6) is 0 Å². The van der Waals surface area contributed by atoms with Crippen LogP contribution in [0.2, 0.25) is 0 Å². The van der Waals surface area contributed by atoms with Crippen molar-refractivity contribution in [2.75, 3.05) is 11.9 Å². The third kappa shape index (κ3) is 3.62. The molecule has 1 N–H and O–H groups in total. The van der Waals surface area contributed by atoms with Crippen molar-refractivity contribution in [3.05, 3.63) is 58.0 Å². The van der Waals surface area contributed by atoms with Gasteiger partial charge < -0.3 is 10.1 Å². The van der Waals surface area contributed by atoms with Gasteiger partial charge in [0.2, 0.25) is 0 Å². The molecule has 0 aromatic carbocycles. The Morgan fingerprint density at radius 2 is 2.00 bits per heavy atom. The Morgan fingerprint density at radius 3 is 2.64 bits per heavy atom. The van der Waals surface area contributed by atoms with E-state index in [0.717, 1.165) is 15.3 Å². The minimum Gasteiger partial charge on any atom is -0.462 e. The van der Waals surface area contributed by atoms with Gasteiger partial charge in [-0.25, -0.2) is 4.79 Å². The summed E-state index contributed by atoms with van der Waals surface area (Å²) >= 11 is 2.92. The second kappa shape index (κ2) is 7.58. The van der Waals surface area contributed by atoms with Gasteiger partial charge in [-0.3, -0.25) is 9.78 Å². The number of carbonyl (C=O) groups is 2. The summed E-state index contributed by atoms with van der Waals surface area (Å²) < 4.78 is 5.22. The number of thiophene rings is 2. The van der Waals surface area contributed by atoms with E-state index in [0.29, 0.717) is 16.1 Å². The summed E-state index contributed by atoms with van der Waals surface area (Å²) in [5, 5.41) is 5.30. The smallest absolute Gasteiger partial charge is 0.341 e. The van der Waals surface area contributed by atoms with E-state index < -0.39 is 5.97 Å². The largest absolute Gasteiger partial charge is 0.462 e. The molecular weight excluding hydrogens is 356 g/mol. The first kappa shape index (κ1) is 17.3. The Labute approximate surface area is 153 Å². The molecule has 0 aliphatic heterocycles. The van der Waals surface area contributed by atoms with Crippen LogP contribution in [0.1, 0.15) is 32.5 Å². The SMILES string of the molecule is CCOC(=O)c1c(NC(=O)c2ccncc2)sc(C)c1-c1cccs1. The number of hydrogen-bond acceptors (Lipinski definition) is 6. The summed E-state index contributed by atoms with van der Waals surface area (Å²) in [6, 6.07) is 7.14. The second-order valence-corrected chi connectivity index (χ2v) is 7.30. The number of anilines is 1. The summed E-state index contributed by atoms with van der Waals surface area (Å²) in [7, 11) is 0. The zero-order valence-corrected chi connectivity index (χ0v) is 15.4. The molecule has 0 spiro atoms. The number of nitrogens with zero attached hydrogens (tertiary/aromatic N) is 1. The Kier molecular flexibility index (Phi) is 5.25. The lowest BCUT2D eigenvalue weighted by Gasteiger charge is -2.08. The lowest BCUT2D eigenvalue weighted by molar-refractivity contribution is 0.0529. The molecule has 0 bridgehead atoms. The van der Waals surface area contributed by atoms with Crippen LogP contribution in [0, 0.1) is 6.92 Å². The number of amides is 1. The third-order valence-electron chi connectivity index (χ3n) is 3.50. The molecule has 128 valence electrons. The van der Waals surface area contributed by atoms with Crippen LogP contribution >= 0.6 is 22.7 Å². The summed E-state index contributed by atoms with van der Waals surface area (Å²) in [5.74, 6) is -0.716. The molecule has 0 aliphatic carbocycles. The molecule has 0 fully saturated rings. The molecule has 0 atom stereocenters. The fraction of sp³-hybridized carbons (Fsp3) is 0.167. The molecule has 5 nitrogen and oxygen atoms in total. The number of hydrogen-bond donors (Lipinski definition) is 1. The van der Waals surface area contributed by atoms with Gasteiger partial charge in [-0.2, -0.15) is 0 Å². The van der Waals surface area contributed by atoms with Crippen molar-refractivity contribution < 1.29 is 14.3 Å². The fourth-order valence-electron chi connectivity index (χ4n) is 2.43. The van der Waals surface area contributed by atoms with Crippen LogP contribution in [0.3, 0.4) is 0 Å². The monoisotopic (exact) mass is 372 g/mol. The minimum absolute atomic E-state index is 0.273. The van der Waals surface area contributed by atoms with Gasteiger partial charge in [-0.05, 0) is 37.4 Å². The predicted octanol–water partition coefficient (Wildman–Crippen LogP) is 4.61. The van der Waals surface area contributed by atoms with E-state index in [1.165, 1.54) is 11.3 Å². The molecule has 0 aliphatic rings. The highest BCUT2D eigenvalue weighted by atomic mass is 32.1. The van der Waals surface area contributed by atoms with Crippen molar-refractivity contribution in [3.8, 4) is 10.4 Å².